The fourth-order valence-electron chi connectivity index (χ4n) is 1.80. The minimum absolute atomic E-state index is 0.0248. The number of nitro benzene ring substituents is 1. The van der Waals surface area contributed by atoms with E-state index in [1.807, 2.05) is 31.2 Å². The SMILES string of the molecule is C[C@H](N)c1ccc(OCc2ccc([N+](=O)[O-])cc2Cl)cc1. The molecule has 5 nitrogen and oxygen atoms in total. The fraction of sp³-hybridized carbons (Fsp3) is 0.200. The van der Waals surface area contributed by atoms with Gasteiger partial charge >= 0.3 is 0 Å². The smallest absolute Gasteiger partial charge is 0.270 e. The summed E-state index contributed by atoms with van der Waals surface area (Å²) >= 11 is 6.01. The van der Waals surface area contributed by atoms with Crippen molar-refractivity contribution in [2.45, 2.75) is 19.6 Å². The number of nitrogens with zero attached hydrogens (tertiary/aromatic N) is 1. The van der Waals surface area contributed by atoms with Gasteiger partial charge in [0.05, 0.1) is 9.95 Å². The highest BCUT2D eigenvalue weighted by Gasteiger charge is 2.10. The maximum atomic E-state index is 10.6. The maximum Gasteiger partial charge on any atom is 0.270 e. The van der Waals surface area contributed by atoms with Crippen LogP contribution in [0.5, 0.6) is 5.75 Å². The van der Waals surface area contributed by atoms with Gasteiger partial charge in [-0.3, -0.25) is 10.1 Å². The summed E-state index contributed by atoms with van der Waals surface area (Å²) in [6, 6.07) is 11.8. The van der Waals surface area contributed by atoms with Crippen molar-refractivity contribution >= 4 is 17.3 Å². The van der Waals surface area contributed by atoms with Crippen molar-refractivity contribution in [3.63, 3.8) is 0 Å². The third-order valence-corrected chi connectivity index (χ3v) is 3.40. The van der Waals surface area contributed by atoms with Crippen LogP contribution >= 0.6 is 11.6 Å². The maximum absolute atomic E-state index is 10.6. The molecule has 0 heterocycles. The van der Waals surface area contributed by atoms with Crippen molar-refractivity contribution in [2.24, 2.45) is 5.73 Å². The highest BCUT2D eigenvalue weighted by molar-refractivity contribution is 6.31. The number of benzene rings is 2. The van der Waals surface area contributed by atoms with Gasteiger partial charge in [-0.15, -0.1) is 0 Å². The number of rotatable bonds is 5. The van der Waals surface area contributed by atoms with Crippen LogP contribution in [0.15, 0.2) is 42.5 Å². The molecule has 0 radical (unpaired) electrons. The first-order valence-corrected chi connectivity index (χ1v) is 6.76. The van der Waals surface area contributed by atoms with Gasteiger partial charge in [0.15, 0.2) is 0 Å². The van der Waals surface area contributed by atoms with E-state index in [1.54, 1.807) is 6.07 Å². The van der Waals surface area contributed by atoms with E-state index < -0.39 is 4.92 Å². The lowest BCUT2D eigenvalue weighted by molar-refractivity contribution is -0.384. The molecule has 0 saturated heterocycles. The lowest BCUT2D eigenvalue weighted by Gasteiger charge is -2.10. The van der Waals surface area contributed by atoms with E-state index in [2.05, 4.69) is 0 Å². The van der Waals surface area contributed by atoms with Crippen molar-refractivity contribution in [3.05, 3.63) is 68.7 Å². The van der Waals surface area contributed by atoms with E-state index in [9.17, 15) is 10.1 Å². The summed E-state index contributed by atoms with van der Waals surface area (Å²) in [7, 11) is 0. The molecule has 0 unspecified atom stereocenters. The number of hydrogen-bond donors (Lipinski definition) is 1. The Morgan fingerprint density at radius 2 is 1.95 bits per heavy atom. The van der Waals surface area contributed by atoms with Crippen molar-refractivity contribution in [1.82, 2.24) is 0 Å². The summed E-state index contributed by atoms with van der Waals surface area (Å²) in [5.41, 5.74) is 7.45. The quantitative estimate of drug-likeness (QED) is 0.672. The van der Waals surface area contributed by atoms with E-state index in [0.29, 0.717) is 16.3 Å². The van der Waals surface area contributed by atoms with E-state index in [0.717, 1.165) is 5.56 Å². The van der Waals surface area contributed by atoms with Crippen LogP contribution < -0.4 is 10.5 Å². The summed E-state index contributed by atoms with van der Waals surface area (Å²) in [6.45, 7) is 2.15. The highest BCUT2D eigenvalue weighted by Crippen LogP contribution is 2.24. The average molecular weight is 307 g/mol. The average Bonchev–Trinajstić information content (AvgIpc) is 2.46. The summed E-state index contributed by atoms with van der Waals surface area (Å²) in [4.78, 5) is 10.2. The van der Waals surface area contributed by atoms with Crippen molar-refractivity contribution in [2.75, 3.05) is 0 Å². The van der Waals surface area contributed by atoms with Crippen LogP contribution in [-0.4, -0.2) is 4.92 Å². The van der Waals surface area contributed by atoms with Crippen LogP contribution in [0.2, 0.25) is 5.02 Å². The van der Waals surface area contributed by atoms with Crippen LogP contribution in [0.4, 0.5) is 5.69 Å². The molecule has 0 aliphatic carbocycles. The van der Waals surface area contributed by atoms with Gasteiger partial charge in [0.1, 0.15) is 12.4 Å². The van der Waals surface area contributed by atoms with Gasteiger partial charge in [-0.25, -0.2) is 0 Å². The lowest BCUT2D eigenvalue weighted by atomic mass is 10.1. The number of nitro groups is 1. The Hall–Kier alpha value is -2.11. The van der Waals surface area contributed by atoms with Crippen LogP contribution in [0.1, 0.15) is 24.1 Å². The molecule has 21 heavy (non-hydrogen) atoms. The molecule has 0 fully saturated rings. The molecular formula is C15H15ClN2O3. The first-order chi connectivity index (χ1) is 9.97. The molecule has 110 valence electrons. The van der Waals surface area contributed by atoms with Crippen LogP contribution in [0.25, 0.3) is 0 Å². The number of halogens is 1. The van der Waals surface area contributed by atoms with E-state index in [4.69, 9.17) is 22.1 Å². The van der Waals surface area contributed by atoms with Gasteiger partial charge in [0, 0.05) is 23.7 Å². The van der Waals surface area contributed by atoms with Crippen molar-refractivity contribution < 1.29 is 9.66 Å². The first-order valence-electron chi connectivity index (χ1n) is 6.38. The first kappa shape index (κ1) is 15.3. The Morgan fingerprint density at radius 3 is 2.48 bits per heavy atom. The second kappa shape index (κ2) is 6.56. The van der Waals surface area contributed by atoms with Crippen LogP contribution in [0.3, 0.4) is 0 Å². The van der Waals surface area contributed by atoms with E-state index in [1.165, 1.54) is 12.1 Å². The molecule has 0 aliphatic heterocycles. The second-order valence-electron chi connectivity index (χ2n) is 4.68. The topological polar surface area (TPSA) is 78.4 Å². The van der Waals surface area contributed by atoms with Gasteiger partial charge in [0.2, 0.25) is 0 Å². The third-order valence-electron chi connectivity index (χ3n) is 3.05. The molecule has 2 aromatic rings. The molecule has 2 rings (SSSR count). The van der Waals surface area contributed by atoms with Gasteiger partial charge in [-0.05, 0) is 30.7 Å². The number of ether oxygens (including phenoxy) is 1. The van der Waals surface area contributed by atoms with Crippen LogP contribution in [-0.2, 0) is 6.61 Å². The van der Waals surface area contributed by atoms with E-state index in [-0.39, 0.29) is 18.3 Å². The zero-order valence-corrected chi connectivity index (χ0v) is 12.2. The predicted octanol–water partition coefficient (Wildman–Crippen LogP) is 3.85. The molecule has 0 amide bonds. The summed E-state index contributed by atoms with van der Waals surface area (Å²) in [5.74, 6) is 0.689. The Kier molecular flexibility index (Phi) is 4.77. The molecule has 0 aromatic heterocycles. The molecule has 2 aromatic carbocycles. The van der Waals surface area contributed by atoms with Gasteiger partial charge in [-0.2, -0.15) is 0 Å². The Morgan fingerprint density at radius 1 is 1.29 bits per heavy atom. The number of nitrogens with two attached hydrogens (primary N) is 1. The molecule has 0 bridgehead atoms. The van der Waals surface area contributed by atoms with Crippen LogP contribution in [0, 0.1) is 10.1 Å². The molecule has 0 spiro atoms. The summed E-state index contributed by atoms with van der Waals surface area (Å²) < 4.78 is 5.61. The standard InChI is InChI=1S/C15H15ClN2O3/c1-10(17)11-3-6-14(7-4-11)21-9-12-2-5-13(18(19)20)8-15(12)16/h2-8,10H,9,17H2,1H3/t10-/m0/s1. The van der Waals surface area contributed by atoms with E-state index >= 15 is 0 Å². The minimum Gasteiger partial charge on any atom is -0.489 e. The molecule has 6 heteroatoms. The lowest BCUT2D eigenvalue weighted by Crippen LogP contribution is -2.04. The van der Waals surface area contributed by atoms with Crippen molar-refractivity contribution in [3.8, 4) is 5.75 Å². The zero-order chi connectivity index (χ0) is 15.4. The van der Waals surface area contributed by atoms with Crippen molar-refractivity contribution in [1.29, 1.82) is 0 Å². The normalized spacial score (nSPS) is 12.0. The monoisotopic (exact) mass is 306 g/mol. The fourth-order valence-corrected chi connectivity index (χ4v) is 2.02. The second-order valence-corrected chi connectivity index (χ2v) is 5.09. The van der Waals surface area contributed by atoms with Gasteiger partial charge in [-0.1, -0.05) is 23.7 Å². The Bertz CT molecular complexity index is 642. The minimum atomic E-state index is -0.483. The predicted molar refractivity (Wildman–Crippen MR) is 81.5 cm³/mol. The molecule has 0 saturated carbocycles. The molecule has 1 atom stereocenters. The Balaban J connectivity index is 2.04. The van der Waals surface area contributed by atoms with Gasteiger partial charge < -0.3 is 10.5 Å². The number of non-ortho nitro benzene ring substituents is 1. The highest BCUT2D eigenvalue weighted by atomic mass is 35.5. The van der Waals surface area contributed by atoms with Gasteiger partial charge in [0.25, 0.3) is 5.69 Å². The third kappa shape index (κ3) is 3.93. The number of hydrogen-bond acceptors (Lipinski definition) is 4. The molecule has 0 aliphatic rings. The summed E-state index contributed by atoms with van der Waals surface area (Å²) in [5, 5.41) is 11.0. The molecule has 2 N–H and O–H groups in total. The summed E-state index contributed by atoms with van der Waals surface area (Å²) in [6.07, 6.45) is 0. The Labute approximate surface area is 127 Å². The molecular weight excluding hydrogens is 292 g/mol. The largest absolute Gasteiger partial charge is 0.489 e. The zero-order valence-electron chi connectivity index (χ0n) is 11.5.